The van der Waals surface area contributed by atoms with Gasteiger partial charge in [-0.1, -0.05) is 35.8 Å². The largest absolute Gasteiger partial charge is 0.338 e. The molecule has 5 nitrogen and oxygen atoms in total. The Labute approximate surface area is 160 Å². The Morgan fingerprint density at radius 2 is 1.93 bits per heavy atom. The molecule has 1 aromatic carbocycles. The van der Waals surface area contributed by atoms with Gasteiger partial charge in [-0.3, -0.25) is 9.88 Å². The summed E-state index contributed by atoms with van der Waals surface area (Å²) in [5, 5.41) is 4.25. The van der Waals surface area contributed by atoms with Gasteiger partial charge >= 0.3 is 0 Å². The molecule has 5 heteroatoms. The molecule has 1 saturated heterocycles. The molecule has 4 rings (SSSR count). The normalized spacial score (nSPS) is 15.8. The zero-order chi connectivity index (χ0) is 18.7. The van der Waals surface area contributed by atoms with Crippen molar-refractivity contribution in [2.45, 2.75) is 45.1 Å². The molecule has 2 aromatic heterocycles. The Kier molecular flexibility index (Phi) is 5.03. The third-order valence-corrected chi connectivity index (χ3v) is 5.38. The second kappa shape index (κ2) is 7.61. The standard InChI is InChI=1S/C22H26N4O/c1-22(2,19-10-7-11-23-15-19)21-24-20(25-27-21)18-9-6-8-17(14-18)16-26-12-4-3-5-13-26/h6-11,14-15H,3-5,12-13,16H2,1-2H3. The summed E-state index contributed by atoms with van der Waals surface area (Å²) in [5.41, 5.74) is 2.97. The van der Waals surface area contributed by atoms with E-state index in [4.69, 9.17) is 9.51 Å². The molecule has 0 spiro atoms. The molecule has 1 fully saturated rings. The molecule has 3 heterocycles. The van der Waals surface area contributed by atoms with E-state index < -0.39 is 0 Å². The number of piperidine rings is 1. The van der Waals surface area contributed by atoms with Crippen LogP contribution in [-0.2, 0) is 12.0 Å². The molecule has 0 radical (unpaired) electrons. The van der Waals surface area contributed by atoms with Crippen molar-refractivity contribution in [1.82, 2.24) is 20.0 Å². The monoisotopic (exact) mass is 362 g/mol. The van der Waals surface area contributed by atoms with Crippen molar-refractivity contribution in [2.24, 2.45) is 0 Å². The molecule has 0 N–H and O–H groups in total. The van der Waals surface area contributed by atoms with E-state index in [0.29, 0.717) is 11.7 Å². The maximum absolute atomic E-state index is 5.63. The lowest BCUT2D eigenvalue weighted by Crippen LogP contribution is -2.29. The Bertz CT molecular complexity index is 882. The summed E-state index contributed by atoms with van der Waals surface area (Å²) in [6.45, 7) is 7.52. The predicted molar refractivity (Wildman–Crippen MR) is 105 cm³/mol. The topological polar surface area (TPSA) is 55.1 Å². The van der Waals surface area contributed by atoms with Gasteiger partial charge in [0.1, 0.15) is 0 Å². The summed E-state index contributed by atoms with van der Waals surface area (Å²) in [7, 11) is 0. The smallest absolute Gasteiger partial charge is 0.237 e. The summed E-state index contributed by atoms with van der Waals surface area (Å²) in [5.74, 6) is 1.24. The zero-order valence-corrected chi connectivity index (χ0v) is 16.1. The average Bonchev–Trinajstić information content (AvgIpc) is 3.21. The number of hydrogen-bond donors (Lipinski definition) is 0. The Hall–Kier alpha value is -2.53. The number of likely N-dealkylation sites (tertiary alicyclic amines) is 1. The van der Waals surface area contributed by atoms with Gasteiger partial charge in [-0.2, -0.15) is 4.98 Å². The summed E-state index contributed by atoms with van der Waals surface area (Å²) < 4.78 is 5.63. The molecule has 1 aliphatic heterocycles. The van der Waals surface area contributed by atoms with Crippen molar-refractivity contribution in [3.63, 3.8) is 0 Å². The number of rotatable bonds is 5. The number of aromatic nitrogens is 3. The van der Waals surface area contributed by atoms with E-state index in [0.717, 1.165) is 17.7 Å². The van der Waals surface area contributed by atoms with Gasteiger partial charge in [0, 0.05) is 24.5 Å². The van der Waals surface area contributed by atoms with Crippen molar-refractivity contribution in [3.05, 3.63) is 65.8 Å². The summed E-state index contributed by atoms with van der Waals surface area (Å²) in [4.78, 5) is 11.4. The van der Waals surface area contributed by atoms with Crippen molar-refractivity contribution in [3.8, 4) is 11.4 Å². The highest BCUT2D eigenvalue weighted by atomic mass is 16.5. The van der Waals surface area contributed by atoms with Crippen molar-refractivity contribution < 1.29 is 4.52 Å². The van der Waals surface area contributed by atoms with Crippen molar-refractivity contribution in [2.75, 3.05) is 13.1 Å². The first-order chi connectivity index (χ1) is 13.1. The lowest BCUT2D eigenvalue weighted by molar-refractivity contribution is 0.221. The first-order valence-electron chi connectivity index (χ1n) is 9.69. The number of benzene rings is 1. The van der Waals surface area contributed by atoms with Gasteiger partial charge in [-0.05, 0) is 63.0 Å². The summed E-state index contributed by atoms with van der Waals surface area (Å²) in [6, 6.07) is 12.5. The van der Waals surface area contributed by atoms with E-state index in [-0.39, 0.29) is 5.41 Å². The van der Waals surface area contributed by atoms with Crippen LogP contribution in [0.2, 0.25) is 0 Å². The van der Waals surface area contributed by atoms with Gasteiger partial charge in [0.05, 0.1) is 5.41 Å². The molecule has 0 unspecified atom stereocenters. The quantitative estimate of drug-likeness (QED) is 0.671. The number of pyridine rings is 1. The lowest BCUT2D eigenvalue weighted by Gasteiger charge is -2.26. The minimum absolute atomic E-state index is 0.384. The Morgan fingerprint density at radius 1 is 1.07 bits per heavy atom. The molecule has 0 amide bonds. The van der Waals surface area contributed by atoms with Crippen LogP contribution in [0.25, 0.3) is 11.4 Å². The number of nitrogens with zero attached hydrogens (tertiary/aromatic N) is 4. The van der Waals surface area contributed by atoms with Crippen LogP contribution in [0.3, 0.4) is 0 Å². The van der Waals surface area contributed by atoms with Crippen LogP contribution in [0.15, 0.2) is 53.3 Å². The van der Waals surface area contributed by atoms with Crippen LogP contribution in [-0.4, -0.2) is 33.1 Å². The van der Waals surface area contributed by atoms with Gasteiger partial charge in [0.2, 0.25) is 11.7 Å². The fourth-order valence-corrected chi connectivity index (χ4v) is 3.64. The van der Waals surface area contributed by atoms with Crippen molar-refractivity contribution in [1.29, 1.82) is 0 Å². The fraction of sp³-hybridized carbons (Fsp3) is 0.409. The maximum Gasteiger partial charge on any atom is 0.237 e. The van der Waals surface area contributed by atoms with Crippen molar-refractivity contribution >= 4 is 0 Å². The lowest BCUT2D eigenvalue weighted by atomic mass is 9.85. The first kappa shape index (κ1) is 17.9. The molecule has 0 saturated carbocycles. The van der Waals surface area contributed by atoms with Crippen LogP contribution in [0, 0.1) is 0 Å². The molecular formula is C22H26N4O. The van der Waals surface area contributed by atoms with E-state index in [2.05, 4.69) is 47.1 Å². The van der Waals surface area contributed by atoms with Gasteiger partial charge in [-0.15, -0.1) is 0 Å². The van der Waals surface area contributed by atoms with Crippen LogP contribution in [0.5, 0.6) is 0 Å². The minimum Gasteiger partial charge on any atom is -0.338 e. The van der Waals surface area contributed by atoms with Crippen LogP contribution in [0.1, 0.15) is 50.1 Å². The molecular weight excluding hydrogens is 336 g/mol. The average molecular weight is 362 g/mol. The highest BCUT2D eigenvalue weighted by Gasteiger charge is 2.30. The molecule has 27 heavy (non-hydrogen) atoms. The van der Waals surface area contributed by atoms with E-state index in [1.165, 1.54) is 37.9 Å². The van der Waals surface area contributed by atoms with E-state index >= 15 is 0 Å². The Morgan fingerprint density at radius 3 is 2.70 bits per heavy atom. The van der Waals surface area contributed by atoms with Gasteiger partial charge in [0.15, 0.2) is 0 Å². The second-order valence-electron chi connectivity index (χ2n) is 7.83. The third kappa shape index (κ3) is 3.93. The molecule has 3 aromatic rings. The molecule has 1 aliphatic rings. The van der Waals surface area contributed by atoms with Gasteiger partial charge < -0.3 is 4.52 Å². The first-order valence-corrected chi connectivity index (χ1v) is 9.69. The van der Waals surface area contributed by atoms with E-state index in [9.17, 15) is 0 Å². The van der Waals surface area contributed by atoms with Gasteiger partial charge in [-0.25, -0.2) is 0 Å². The molecule has 0 bridgehead atoms. The molecule has 0 aliphatic carbocycles. The van der Waals surface area contributed by atoms with E-state index in [1.807, 2.05) is 24.4 Å². The van der Waals surface area contributed by atoms with Crippen LogP contribution < -0.4 is 0 Å². The third-order valence-electron chi connectivity index (χ3n) is 5.38. The second-order valence-corrected chi connectivity index (χ2v) is 7.83. The fourth-order valence-electron chi connectivity index (χ4n) is 3.64. The van der Waals surface area contributed by atoms with Crippen LogP contribution in [0.4, 0.5) is 0 Å². The highest BCUT2D eigenvalue weighted by Crippen LogP contribution is 2.31. The zero-order valence-electron chi connectivity index (χ0n) is 16.1. The summed E-state index contributed by atoms with van der Waals surface area (Å²) in [6.07, 6.45) is 7.58. The Balaban J connectivity index is 1.55. The maximum atomic E-state index is 5.63. The van der Waals surface area contributed by atoms with E-state index in [1.54, 1.807) is 6.20 Å². The highest BCUT2D eigenvalue weighted by molar-refractivity contribution is 5.55. The predicted octanol–water partition coefficient (Wildman–Crippen LogP) is 4.44. The minimum atomic E-state index is -0.384. The number of hydrogen-bond acceptors (Lipinski definition) is 5. The van der Waals surface area contributed by atoms with Crippen LogP contribution >= 0.6 is 0 Å². The SMILES string of the molecule is CC(C)(c1cccnc1)c1nc(-c2cccc(CN3CCCCC3)c2)no1. The summed E-state index contributed by atoms with van der Waals surface area (Å²) >= 11 is 0. The molecule has 140 valence electrons. The van der Waals surface area contributed by atoms with Gasteiger partial charge in [0.25, 0.3) is 0 Å². The molecule has 0 atom stereocenters.